The van der Waals surface area contributed by atoms with Crippen LogP contribution in [-0.2, 0) is 4.79 Å². The SMILES string of the molecule is O=C(C1CCCC1)C1(CO)CC1. The van der Waals surface area contributed by atoms with Crippen molar-refractivity contribution in [3.63, 3.8) is 0 Å². The van der Waals surface area contributed by atoms with Crippen LogP contribution in [0.25, 0.3) is 0 Å². The van der Waals surface area contributed by atoms with Crippen LogP contribution in [0.5, 0.6) is 0 Å². The molecule has 0 aromatic carbocycles. The predicted octanol–water partition coefficient (Wildman–Crippen LogP) is 1.52. The predicted molar refractivity (Wildman–Crippen MR) is 45.7 cm³/mol. The quantitative estimate of drug-likeness (QED) is 0.693. The van der Waals surface area contributed by atoms with Crippen molar-refractivity contribution in [1.82, 2.24) is 0 Å². The summed E-state index contributed by atoms with van der Waals surface area (Å²) in [6.07, 6.45) is 6.41. The van der Waals surface area contributed by atoms with Gasteiger partial charge in [0.2, 0.25) is 0 Å². The van der Waals surface area contributed by atoms with Crippen LogP contribution in [0.15, 0.2) is 0 Å². The molecular formula is C10H16O2. The smallest absolute Gasteiger partial charge is 0.144 e. The Bertz CT molecular complexity index is 188. The molecule has 0 heterocycles. The van der Waals surface area contributed by atoms with Crippen molar-refractivity contribution in [3.05, 3.63) is 0 Å². The standard InChI is InChI=1S/C10H16O2/c11-7-10(5-6-10)9(12)8-3-1-2-4-8/h8,11H,1-7H2. The largest absolute Gasteiger partial charge is 0.395 e. The lowest BCUT2D eigenvalue weighted by atomic mass is 9.90. The fourth-order valence-corrected chi connectivity index (χ4v) is 2.25. The van der Waals surface area contributed by atoms with Gasteiger partial charge in [-0.2, -0.15) is 0 Å². The Morgan fingerprint density at radius 2 is 1.92 bits per heavy atom. The molecule has 68 valence electrons. The lowest BCUT2D eigenvalue weighted by Crippen LogP contribution is -2.26. The number of aliphatic hydroxyl groups excluding tert-OH is 1. The number of carbonyl (C=O) groups is 1. The molecule has 2 rings (SSSR count). The Morgan fingerprint density at radius 3 is 2.33 bits per heavy atom. The maximum Gasteiger partial charge on any atom is 0.144 e. The highest BCUT2D eigenvalue weighted by Gasteiger charge is 2.51. The van der Waals surface area contributed by atoms with Crippen LogP contribution in [0.2, 0.25) is 0 Å². The van der Waals surface area contributed by atoms with Crippen molar-refractivity contribution >= 4 is 5.78 Å². The van der Waals surface area contributed by atoms with Crippen LogP contribution in [0.1, 0.15) is 38.5 Å². The molecule has 0 aromatic heterocycles. The summed E-state index contributed by atoms with van der Waals surface area (Å²) in [4.78, 5) is 11.8. The minimum atomic E-state index is -0.269. The highest BCUT2D eigenvalue weighted by Crippen LogP contribution is 2.49. The van der Waals surface area contributed by atoms with Crippen molar-refractivity contribution < 1.29 is 9.90 Å². The van der Waals surface area contributed by atoms with E-state index in [4.69, 9.17) is 5.11 Å². The second kappa shape index (κ2) is 2.84. The Labute approximate surface area is 73.0 Å². The first kappa shape index (κ1) is 8.24. The zero-order chi connectivity index (χ0) is 8.60. The van der Waals surface area contributed by atoms with Gasteiger partial charge in [-0.15, -0.1) is 0 Å². The highest BCUT2D eigenvalue weighted by molar-refractivity contribution is 5.89. The summed E-state index contributed by atoms with van der Waals surface area (Å²) in [5.41, 5.74) is -0.269. The lowest BCUT2D eigenvalue weighted by Gasteiger charge is -2.15. The van der Waals surface area contributed by atoms with Gasteiger partial charge in [-0.3, -0.25) is 4.79 Å². The van der Waals surface area contributed by atoms with Crippen LogP contribution in [-0.4, -0.2) is 17.5 Å². The third kappa shape index (κ3) is 1.18. The normalized spacial score (nSPS) is 27.4. The van der Waals surface area contributed by atoms with Crippen LogP contribution in [0, 0.1) is 11.3 Å². The van der Waals surface area contributed by atoms with Crippen molar-refractivity contribution in [2.75, 3.05) is 6.61 Å². The number of Topliss-reactive ketones (excluding diaryl/α,β-unsaturated/α-hetero) is 1. The Balaban J connectivity index is 1.99. The van der Waals surface area contributed by atoms with E-state index in [1.165, 1.54) is 12.8 Å². The molecule has 1 N–H and O–H groups in total. The van der Waals surface area contributed by atoms with Gasteiger partial charge < -0.3 is 5.11 Å². The fourth-order valence-electron chi connectivity index (χ4n) is 2.25. The first-order valence-electron chi connectivity index (χ1n) is 4.94. The number of rotatable bonds is 3. The van der Waals surface area contributed by atoms with E-state index in [1.54, 1.807) is 0 Å². The van der Waals surface area contributed by atoms with Crippen LogP contribution in [0.4, 0.5) is 0 Å². The minimum Gasteiger partial charge on any atom is -0.395 e. The summed E-state index contributed by atoms with van der Waals surface area (Å²) >= 11 is 0. The second-order valence-corrected chi connectivity index (χ2v) is 4.28. The van der Waals surface area contributed by atoms with Crippen LogP contribution < -0.4 is 0 Å². The van der Waals surface area contributed by atoms with Gasteiger partial charge in [0.1, 0.15) is 5.78 Å². The average molecular weight is 168 g/mol. The molecule has 2 fully saturated rings. The molecule has 2 nitrogen and oxygen atoms in total. The molecular weight excluding hydrogens is 152 g/mol. The maximum atomic E-state index is 11.8. The van der Waals surface area contributed by atoms with E-state index in [9.17, 15) is 4.79 Å². The lowest BCUT2D eigenvalue weighted by molar-refractivity contribution is -0.129. The monoisotopic (exact) mass is 168 g/mol. The van der Waals surface area contributed by atoms with E-state index < -0.39 is 0 Å². The van der Waals surface area contributed by atoms with Gasteiger partial charge >= 0.3 is 0 Å². The molecule has 0 aliphatic heterocycles. The molecule has 0 unspecified atom stereocenters. The first-order valence-corrected chi connectivity index (χ1v) is 4.94. The van der Waals surface area contributed by atoms with Gasteiger partial charge in [0.05, 0.1) is 12.0 Å². The van der Waals surface area contributed by atoms with E-state index in [-0.39, 0.29) is 12.0 Å². The summed E-state index contributed by atoms with van der Waals surface area (Å²) in [5, 5.41) is 9.07. The molecule has 12 heavy (non-hydrogen) atoms. The molecule has 2 aliphatic rings. The summed E-state index contributed by atoms with van der Waals surface area (Å²) in [6.45, 7) is 0.0856. The fraction of sp³-hybridized carbons (Fsp3) is 0.900. The molecule has 0 aromatic rings. The zero-order valence-corrected chi connectivity index (χ0v) is 7.38. The number of hydrogen-bond donors (Lipinski definition) is 1. The molecule has 2 heteroatoms. The first-order chi connectivity index (χ1) is 5.78. The van der Waals surface area contributed by atoms with Crippen LogP contribution >= 0.6 is 0 Å². The Morgan fingerprint density at radius 1 is 1.33 bits per heavy atom. The highest BCUT2D eigenvalue weighted by atomic mass is 16.3. The van der Waals surface area contributed by atoms with Crippen molar-refractivity contribution in [2.45, 2.75) is 38.5 Å². The Kier molecular flexibility index (Phi) is 1.95. The third-order valence-electron chi connectivity index (χ3n) is 3.40. The minimum absolute atomic E-state index is 0.0856. The molecule has 2 aliphatic carbocycles. The number of hydrogen-bond acceptors (Lipinski definition) is 2. The van der Waals surface area contributed by atoms with Gasteiger partial charge in [-0.25, -0.2) is 0 Å². The Hall–Kier alpha value is -0.370. The van der Waals surface area contributed by atoms with Crippen LogP contribution in [0.3, 0.4) is 0 Å². The van der Waals surface area contributed by atoms with Gasteiger partial charge in [-0.05, 0) is 25.7 Å². The molecule has 0 atom stereocenters. The van der Waals surface area contributed by atoms with E-state index in [0.29, 0.717) is 11.7 Å². The molecule has 0 amide bonds. The topological polar surface area (TPSA) is 37.3 Å². The van der Waals surface area contributed by atoms with Gasteiger partial charge in [-0.1, -0.05) is 12.8 Å². The van der Waals surface area contributed by atoms with E-state index in [2.05, 4.69) is 0 Å². The number of ketones is 1. The summed E-state index contributed by atoms with van der Waals surface area (Å²) in [5.74, 6) is 0.655. The maximum absolute atomic E-state index is 11.8. The summed E-state index contributed by atoms with van der Waals surface area (Å²) in [7, 11) is 0. The molecule has 2 saturated carbocycles. The third-order valence-corrected chi connectivity index (χ3v) is 3.40. The molecule has 0 bridgehead atoms. The average Bonchev–Trinajstić information content (AvgIpc) is 2.71. The zero-order valence-electron chi connectivity index (χ0n) is 7.38. The van der Waals surface area contributed by atoms with Gasteiger partial charge in [0.15, 0.2) is 0 Å². The van der Waals surface area contributed by atoms with E-state index >= 15 is 0 Å². The summed E-state index contributed by atoms with van der Waals surface area (Å²) in [6, 6.07) is 0. The van der Waals surface area contributed by atoms with E-state index in [1.807, 2.05) is 0 Å². The van der Waals surface area contributed by atoms with Crippen molar-refractivity contribution in [3.8, 4) is 0 Å². The molecule has 0 saturated heterocycles. The second-order valence-electron chi connectivity index (χ2n) is 4.28. The molecule has 0 radical (unpaired) electrons. The molecule has 0 spiro atoms. The van der Waals surface area contributed by atoms with E-state index in [0.717, 1.165) is 25.7 Å². The van der Waals surface area contributed by atoms with Crippen molar-refractivity contribution in [2.24, 2.45) is 11.3 Å². The number of aliphatic hydroxyl groups is 1. The van der Waals surface area contributed by atoms with Gasteiger partial charge in [0.25, 0.3) is 0 Å². The van der Waals surface area contributed by atoms with Crippen molar-refractivity contribution in [1.29, 1.82) is 0 Å². The van der Waals surface area contributed by atoms with Gasteiger partial charge in [0, 0.05) is 5.92 Å². The summed E-state index contributed by atoms with van der Waals surface area (Å²) < 4.78 is 0. The number of carbonyl (C=O) groups excluding carboxylic acids is 1.